The number of carboxylic acids is 1. The zero-order valence-corrected chi connectivity index (χ0v) is 10.7. The van der Waals surface area contributed by atoms with Gasteiger partial charge in [-0.15, -0.1) is 0 Å². The number of pyridine rings is 1. The van der Waals surface area contributed by atoms with Gasteiger partial charge in [0.05, 0.1) is 16.3 Å². The monoisotopic (exact) mass is 294 g/mol. The van der Waals surface area contributed by atoms with Gasteiger partial charge in [0, 0.05) is 17.8 Å². The predicted octanol–water partition coefficient (Wildman–Crippen LogP) is 2.82. The second-order valence-electron chi connectivity index (χ2n) is 3.82. The largest absolute Gasteiger partial charge is 0.478 e. The Morgan fingerprint density at radius 2 is 1.95 bits per heavy atom. The molecule has 0 aliphatic rings. The number of hydrogen-bond donors (Lipinski definition) is 2. The number of carboxylic acid groups (broad SMARTS) is 1. The topological polar surface area (TPSA) is 79.3 Å². The molecule has 20 heavy (non-hydrogen) atoms. The number of nitrogens with one attached hydrogen (secondary N) is 1. The van der Waals surface area contributed by atoms with Crippen LogP contribution in [0.5, 0.6) is 0 Å². The Balaban J connectivity index is 2.22. The summed E-state index contributed by atoms with van der Waals surface area (Å²) in [6.07, 6.45) is 1.17. The third kappa shape index (κ3) is 3.10. The summed E-state index contributed by atoms with van der Waals surface area (Å²) in [4.78, 5) is 25.9. The van der Waals surface area contributed by atoms with Crippen LogP contribution in [0.2, 0.25) is 5.02 Å². The summed E-state index contributed by atoms with van der Waals surface area (Å²) in [5.74, 6) is -2.47. The van der Waals surface area contributed by atoms with E-state index in [1.165, 1.54) is 30.5 Å². The first-order valence-electron chi connectivity index (χ1n) is 5.43. The first-order chi connectivity index (χ1) is 9.47. The predicted molar refractivity (Wildman–Crippen MR) is 70.6 cm³/mol. The van der Waals surface area contributed by atoms with Gasteiger partial charge in [-0.2, -0.15) is 4.39 Å². The molecule has 2 N–H and O–H groups in total. The van der Waals surface area contributed by atoms with Crippen molar-refractivity contribution in [3.63, 3.8) is 0 Å². The lowest BCUT2D eigenvalue weighted by atomic mass is 10.2. The van der Waals surface area contributed by atoms with E-state index < -0.39 is 17.8 Å². The highest BCUT2D eigenvalue weighted by molar-refractivity contribution is 6.34. The van der Waals surface area contributed by atoms with Crippen LogP contribution in [0.25, 0.3) is 0 Å². The van der Waals surface area contributed by atoms with Crippen LogP contribution in [0.1, 0.15) is 20.7 Å². The van der Waals surface area contributed by atoms with Gasteiger partial charge in [0.2, 0.25) is 5.95 Å². The molecule has 0 aliphatic carbocycles. The van der Waals surface area contributed by atoms with Gasteiger partial charge in [-0.25, -0.2) is 9.78 Å². The van der Waals surface area contributed by atoms with Gasteiger partial charge >= 0.3 is 5.97 Å². The molecule has 0 saturated heterocycles. The van der Waals surface area contributed by atoms with E-state index in [-0.39, 0.29) is 21.8 Å². The molecule has 0 aliphatic heterocycles. The molecule has 0 bridgehead atoms. The fourth-order valence-electron chi connectivity index (χ4n) is 1.49. The molecule has 0 radical (unpaired) electrons. The van der Waals surface area contributed by atoms with Crippen molar-refractivity contribution in [3.05, 3.63) is 58.6 Å². The summed E-state index contributed by atoms with van der Waals surface area (Å²) in [6, 6.07) is 6.21. The number of rotatable bonds is 3. The van der Waals surface area contributed by atoms with Gasteiger partial charge < -0.3 is 10.4 Å². The molecule has 102 valence electrons. The lowest BCUT2D eigenvalue weighted by Crippen LogP contribution is -2.13. The fourth-order valence-corrected chi connectivity index (χ4v) is 1.72. The maximum absolute atomic E-state index is 12.9. The number of benzene rings is 1. The van der Waals surface area contributed by atoms with E-state index in [1.807, 2.05) is 0 Å². The van der Waals surface area contributed by atoms with Gasteiger partial charge in [-0.3, -0.25) is 4.79 Å². The molecule has 0 fully saturated rings. The standard InChI is InChI=1S/C13H8ClFN2O3/c14-9-5-8(13(19)20)1-2-10(9)17-12(18)7-3-4-16-11(15)6-7/h1-6H,(H,17,18)(H,19,20). The molecule has 5 nitrogen and oxygen atoms in total. The minimum absolute atomic E-state index is 0.00274. The summed E-state index contributed by atoms with van der Waals surface area (Å²) in [6.45, 7) is 0. The average Bonchev–Trinajstić information content (AvgIpc) is 2.40. The molecule has 1 heterocycles. The van der Waals surface area contributed by atoms with Crippen LogP contribution in [0.4, 0.5) is 10.1 Å². The van der Waals surface area contributed by atoms with Gasteiger partial charge in [0.25, 0.3) is 5.91 Å². The summed E-state index contributed by atoms with van der Waals surface area (Å²) in [7, 11) is 0. The van der Waals surface area contributed by atoms with Crippen molar-refractivity contribution in [3.8, 4) is 0 Å². The Hall–Kier alpha value is -2.47. The minimum Gasteiger partial charge on any atom is -0.478 e. The Kier molecular flexibility index (Phi) is 3.95. The summed E-state index contributed by atoms with van der Waals surface area (Å²) in [5, 5.41) is 11.3. The number of anilines is 1. The highest BCUT2D eigenvalue weighted by atomic mass is 35.5. The van der Waals surface area contributed by atoms with Crippen molar-refractivity contribution in [1.82, 2.24) is 4.98 Å². The van der Waals surface area contributed by atoms with Crippen molar-refractivity contribution >= 4 is 29.2 Å². The lowest BCUT2D eigenvalue weighted by Gasteiger charge is -2.07. The molecule has 0 unspecified atom stereocenters. The smallest absolute Gasteiger partial charge is 0.335 e. The van der Waals surface area contributed by atoms with Crippen molar-refractivity contribution < 1.29 is 19.1 Å². The molecule has 1 amide bonds. The fraction of sp³-hybridized carbons (Fsp3) is 0. The van der Waals surface area contributed by atoms with Crippen molar-refractivity contribution in [2.75, 3.05) is 5.32 Å². The van der Waals surface area contributed by atoms with Crippen LogP contribution < -0.4 is 5.32 Å². The second kappa shape index (κ2) is 5.66. The molecule has 1 aromatic carbocycles. The first kappa shape index (κ1) is 14.0. The molecule has 1 aromatic heterocycles. The molecule has 7 heteroatoms. The number of carbonyl (C=O) groups is 2. The van der Waals surface area contributed by atoms with Gasteiger partial charge in [0.1, 0.15) is 0 Å². The molecule has 0 saturated carbocycles. The number of hydrogen-bond acceptors (Lipinski definition) is 3. The number of nitrogens with zero attached hydrogens (tertiary/aromatic N) is 1. The number of amides is 1. The highest BCUT2D eigenvalue weighted by Crippen LogP contribution is 2.23. The van der Waals surface area contributed by atoms with Crippen molar-refractivity contribution in [1.29, 1.82) is 0 Å². The summed E-state index contributed by atoms with van der Waals surface area (Å²) >= 11 is 5.87. The van der Waals surface area contributed by atoms with Crippen LogP contribution in [-0.2, 0) is 0 Å². The third-order valence-electron chi connectivity index (χ3n) is 2.45. The molecule has 0 spiro atoms. The Bertz CT molecular complexity index is 691. The zero-order valence-electron chi connectivity index (χ0n) is 9.93. The van der Waals surface area contributed by atoms with Crippen LogP contribution >= 0.6 is 11.6 Å². The van der Waals surface area contributed by atoms with E-state index in [9.17, 15) is 14.0 Å². The van der Waals surface area contributed by atoms with Crippen LogP contribution in [0, 0.1) is 5.95 Å². The number of aromatic nitrogens is 1. The van der Waals surface area contributed by atoms with Gasteiger partial charge in [-0.1, -0.05) is 11.6 Å². The minimum atomic E-state index is -1.12. The Labute approximate surface area is 118 Å². The Morgan fingerprint density at radius 3 is 2.55 bits per heavy atom. The number of carbonyl (C=O) groups excluding carboxylic acids is 1. The van der Waals surface area contributed by atoms with E-state index >= 15 is 0 Å². The lowest BCUT2D eigenvalue weighted by molar-refractivity contribution is 0.0696. The summed E-state index contributed by atoms with van der Waals surface area (Å²) in [5.41, 5.74) is 0.317. The molecule has 0 atom stereocenters. The molecular formula is C13H8ClFN2O3. The van der Waals surface area contributed by atoms with E-state index in [0.717, 1.165) is 6.07 Å². The zero-order chi connectivity index (χ0) is 14.7. The quantitative estimate of drug-likeness (QED) is 0.853. The molecule has 2 rings (SSSR count). The van der Waals surface area contributed by atoms with E-state index in [0.29, 0.717) is 0 Å². The second-order valence-corrected chi connectivity index (χ2v) is 4.23. The van der Waals surface area contributed by atoms with Gasteiger partial charge in [0.15, 0.2) is 0 Å². The molecule has 2 aromatic rings. The molecular weight excluding hydrogens is 287 g/mol. The maximum atomic E-state index is 12.9. The maximum Gasteiger partial charge on any atom is 0.335 e. The first-order valence-corrected chi connectivity index (χ1v) is 5.81. The number of halogens is 2. The number of aromatic carboxylic acids is 1. The van der Waals surface area contributed by atoms with Gasteiger partial charge in [-0.05, 0) is 24.3 Å². The van der Waals surface area contributed by atoms with Crippen molar-refractivity contribution in [2.45, 2.75) is 0 Å². The van der Waals surface area contributed by atoms with E-state index in [1.54, 1.807) is 0 Å². The SMILES string of the molecule is O=C(O)c1ccc(NC(=O)c2ccnc(F)c2)c(Cl)c1. The van der Waals surface area contributed by atoms with Crippen LogP contribution in [0.15, 0.2) is 36.5 Å². The van der Waals surface area contributed by atoms with E-state index in [4.69, 9.17) is 16.7 Å². The van der Waals surface area contributed by atoms with Crippen molar-refractivity contribution in [2.24, 2.45) is 0 Å². The highest BCUT2D eigenvalue weighted by Gasteiger charge is 2.11. The van der Waals surface area contributed by atoms with Crippen LogP contribution in [-0.4, -0.2) is 22.0 Å². The average molecular weight is 295 g/mol. The van der Waals surface area contributed by atoms with E-state index in [2.05, 4.69) is 10.3 Å². The normalized spacial score (nSPS) is 10.1. The summed E-state index contributed by atoms with van der Waals surface area (Å²) < 4.78 is 12.9. The Morgan fingerprint density at radius 1 is 1.20 bits per heavy atom. The third-order valence-corrected chi connectivity index (χ3v) is 2.77. The van der Waals surface area contributed by atoms with Crippen LogP contribution in [0.3, 0.4) is 0 Å².